The Labute approximate surface area is 191 Å². The van der Waals surface area contributed by atoms with Crippen LogP contribution in [0.25, 0.3) is 11.3 Å². The van der Waals surface area contributed by atoms with Crippen LogP contribution in [0.4, 0.5) is 4.39 Å². The monoisotopic (exact) mass is 448 g/mol. The molecule has 1 aromatic heterocycles. The molecule has 0 radical (unpaired) electrons. The molecule has 7 heteroatoms. The van der Waals surface area contributed by atoms with Crippen LogP contribution >= 0.6 is 0 Å². The Morgan fingerprint density at radius 2 is 2.06 bits per heavy atom. The van der Waals surface area contributed by atoms with Crippen LogP contribution in [0, 0.1) is 11.7 Å². The van der Waals surface area contributed by atoms with Gasteiger partial charge in [-0.05, 0) is 60.8 Å². The molecule has 0 amide bonds. The van der Waals surface area contributed by atoms with Crippen LogP contribution in [0.2, 0.25) is 0 Å². The summed E-state index contributed by atoms with van der Waals surface area (Å²) in [4.78, 5) is 19.8. The summed E-state index contributed by atoms with van der Waals surface area (Å²) < 4.78 is 26.5. The molecule has 0 bridgehead atoms. The molecule has 0 spiro atoms. The number of carboxylic acids is 1. The largest absolute Gasteiger partial charge is 0.485 e. The normalized spacial score (nSPS) is 18.2. The molecule has 3 aromatic rings. The van der Waals surface area contributed by atoms with Crippen molar-refractivity contribution in [3.63, 3.8) is 0 Å². The lowest BCUT2D eigenvalue weighted by Crippen LogP contribution is -2.17. The average molecular weight is 448 g/mol. The maximum atomic E-state index is 15.1. The van der Waals surface area contributed by atoms with Crippen molar-refractivity contribution in [2.24, 2.45) is 5.92 Å². The smallest absolute Gasteiger partial charge is 0.303 e. The summed E-state index contributed by atoms with van der Waals surface area (Å²) in [6, 6.07) is 11.0. The van der Waals surface area contributed by atoms with Gasteiger partial charge in [-0.3, -0.25) is 9.78 Å². The average Bonchev–Trinajstić information content (AvgIpc) is 3.67. The van der Waals surface area contributed by atoms with E-state index in [2.05, 4.69) is 9.97 Å². The Kier molecular flexibility index (Phi) is 5.70. The maximum Gasteiger partial charge on any atom is 0.303 e. The molecule has 1 aliphatic heterocycles. The molecular formula is C26H25FN2O4. The Morgan fingerprint density at radius 1 is 1.21 bits per heavy atom. The summed E-state index contributed by atoms with van der Waals surface area (Å²) in [5.41, 5.74) is 3.70. The van der Waals surface area contributed by atoms with Crippen LogP contribution in [-0.4, -0.2) is 28.2 Å². The van der Waals surface area contributed by atoms with E-state index >= 15 is 4.39 Å². The fourth-order valence-corrected chi connectivity index (χ4v) is 4.61. The van der Waals surface area contributed by atoms with Crippen molar-refractivity contribution in [2.45, 2.75) is 44.1 Å². The molecular weight excluding hydrogens is 423 g/mol. The first kappa shape index (κ1) is 21.4. The minimum absolute atomic E-state index is 0.00299. The minimum atomic E-state index is -0.786. The molecule has 1 saturated carbocycles. The molecule has 2 atom stereocenters. The number of hydrogen-bond acceptors (Lipinski definition) is 5. The van der Waals surface area contributed by atoms with Crippen molar-refractivity contribution in [1.29, 1.82) is 0 Å². The van der Waals surface area contributed by atoms with Crippen LogP contribution in [-0.2, 0) is 11.2 Å². The minimum Gasteiger partial charge on any atom is -0.485 e. The third-order valence-corrected chi connectivity index (χ3v) is 6.51. The van der Waals surface area contributed by atoms with Crippen LogP contribution in [0.1, 0.15) is 54.4 Å². The number of rotatable bonds is 7. The van der Waals surface area contributed by atoms with Crippen LogP contribution < -0.4 is 9.47 Å². The van der Waals surface area contributed by atoms with E-state index in [0.717, 1.165) is 36.1 Å². The zero-order chi connectivity index (χ0) is 22.9. The molecule has 33 heavy (non-hydrogen) atoms. The van der Waals surface area contributed by atoms with E-state index in [4.69, 9.17) is 9.47 Å². The second kappa shape index (κ2) is 8.81. The quantitative estimate of drug-likeness (QED) is 0.526. The molecule has 5 rings (SSSR count). The maximum absolute atomic E-state index is 15.1. The number of aliphatic carboxylic acids is 1. The first-order valence-corrected chi connectivity index (χ1v) is 11.2. The predicted molar refractivity (Wildman–Crippen MR) is 120 cm³/mol. The van der Waals surface area contributed by atoms with Crippen molar-refractivity contribution in [1.82, 2.24) is 9.97 Å². The molecule has 170 valence electrons. The molecule has 1 aliphatic carbocycles. The summed E-state index contributed by atoms with van der Waals surface area (Å²) in [5, 5.41) is 9.33. The lowest BCUT2D eigenvalue weighted by Gasteiger charge is -2.28. The molecule has 2 aliphatic rings. The van der Waals surface area contributed by atoms with Crippen molar-refractivity contribution < 1.29 is 23.8 Å². The second-order valence-corrected chi connectivity index (χ2v) is 8.74. The standard InChI is InChI=1S/C26H25FN2O4/c1-32-25-14-28-13-22(29-25)18-6-8-19(21(27)10-18)23-9-7-16-4-5-17(11-24(16)33-23)20(12-26(30)31)15-2-3-15/h4-6,8,10-11,13-15,20,23H,2-3,7,9,12H2,1H3,(H,30,31). The number of hydrogen-bond donors (Lipinski definition) is 1. The molecule has 1 N–H and O–H groups in total. The highest BCUT2D eigenvalue weighted by molar-refractivity contribution is 5.68. The van der Waals surface area contributed by atoms with Crippen LogP contribution in [0.5, 0.6) is 11.6 Å². The van der Waals surface area contributed by atoms with E-state index in [0.29, 0.717) is 35.0 Å². The predicted octanol–water partition coefficient (Wildman–Crippen LogP) is 5.33. The molecule has 6 nitrogen and oxygen atoms in total. The van der Waals surface area contributed by atoms with Crippen LogP contribution in [0.15, 0.2) is 48.8 Å². The Hall–Kier alpha value is -3.48. The van der Waals surface area contributed by atoms with E-state index in [1.54, 1.807) is 12.3 Å². The topological polar surface area (TPSA) is 81.5 Å². The van der Waals surface area contributed by atoms with Gasteiger partial charge in [0.1, 0.15) is 17.7 Å². The van der Waals surface area contributed by atoms with Crippen molar-refractivity contribution in [2.75, 3.05) is 7.11 Å². The number of halogens is 1. The van der Waals surface area contributed by atoms with Gasteiger partial charge in [-0.1, -0.05) is 24.3 Å². The van der Waals surface area contributed by atoms with E-state index in [-0.39, 0.29) is 18.2 Å². The van der Waals surface area contributed by atoms with E-state index in [9.17, 15) is 9.90 Å². The first-order valence-electron chi connectivity index (χ1n) is 11.2. The number of benzene rings is 2. The van der Waals surface area contributed by atoms with Gasteiger partial charge < -0.3 is 14.6 Å². The van der Waals surface area contributed by atoms with Gasteiger partial charge in [-0.25, -0.2) is 9.37 Å². The third kappa shape index (κ3) is 4.53. The van der Waals surface area contributed by atoms with Gasteiger partial charge in [0.2, 0.25) is 5.88 Å². The second-order valence-electron chi connectivity index (χ2n) is 8.74. The highest BCUT2D eigenvalue weighted by atomic mass is 19.1. The van der Waals surface area contributed by atoms with Crippen LogP contribution in [0.3, 0.4) is 0 Å². The van der Waals surface area contributed by atoms with Crippen molar-refractivity contribution in [3.8, 4) is 22.9 Å². The summed E-state index contributed by atoms with van der Waals surface area (Å²) in [5.74, 6) is 0.365. The Morgan fingerprint density at radius 3 is 2.79 bits per heavy atom. The van der Waals surface area contributed by atoms with Gasteiger partial charge in [-0.2, -0.15) is 0 Å². The zero-order valence-corrected chi connectivity index (χ0v) is 18.3. The highest BCUT2D eigenvalue weighted by Crippen LogP contribution is 2.46. The van der Waals surface area contributed by atoms with E-state index in [1.807, 2.05) is 24.3 Å². The molecule has 0 saturated heterocycles. The third-order valence-electron chi connectivity index (χ3n) is 6.51. The molecule has 2 heterocycles. The number of carboxylic acid groups (broad SMARTS) is 1. The van der Waals surface area contributed by atoms with Crippen molar-refractivity contribution in [3.05, 3.63) is 71.3 Å². The summed E-state index contributed by atoms with van der Waals surface area (Å²) in [6.45, 7) is 0. The number of carbonyl (C=O) groups is 1. The van der Waals surface area contributed by atoms with Crippen molar-refractivity contribution >= 4 is 5.97 Å². The number of nitrogens with zero attached hydrogens (tertiary/aromatic N) is 2. The molecule has 1 fully saturated rings. The molecule has 2 aromatic carbocycles. The number of aryl methyl sites for hydroxylation is 1. The van der Waals surface area contributed by atoms with Gasteiger partial charge in [0, 0.05) is 11.1 Å². The lowest BCUT2D eigenvalue weighted by atomic mass is 9.88. The van der Waals surface area contributed by atoms with Gasteiger partial charge in [0.25, 0.3) is 0 Å². The van der Waals surface area contributed by atoms with Gasteiger partial charge in [0.15, 0.2) is 0 Å². The van der Waals surface area contributed by atoms with Gasteiger partial charge in [-0.15, -0.1) is 0 Å². The fraction of sp³-hybridized carbons (Fsp3) is 0.346. The highest BCUT2D eigenvalue weighted by Gasteiger charge is 2.34. The number of fused-ring (bicyclic) bond motifs is 1. The number of aromatic nitrogens is 2. The molecule has 2 unspecified atom stereocenters. The Balaban J connectivity index is 1.38. The number of methoxy groups -OCH3 is 1. The van der Waals surface area contributed by atoms with E-state index in [1.165, 1.54) is 19.4 Å². The zero-order valence-electron chi connectivity index (χ0n) is 18.3. The summed E-state index contributed by atoms with van der Waals surface area (Å²) in [6.07, 6.45) is 6.35. The fourth-order valence-electron chi connectivity index (χ4n) is 4.61. The lowest BCUT2D eigenvalue weighted by molar-refractivity contribution is -0.137. The van der Waals surface area contributed by atoms with Gasteiger partial charge in [0.05, 0.1) is 31.6 Å². The summed E-state index contributed by atoms with van der Waals surface area (Å²) in [7, 11) is 1.51. The SMILES string of the molecule is COc1cncc(-c2ccc(C3CCc4ccc(C(CC(=O)O)C5CC5)cc4O3)c(F)c2)n1. The Bertz CT molecular complexity index is 1190. The van der Waals surface area contributed by atoms with E-state index < -0.39 is 12.1 Å². The number of ether oxygens (including phenoxy) is 2. The summed E-state index contributed by atoms with van der Waals surface area (Å²) >= 11 is 0. The first-order chi connectivity index (χ1) is 16.0. The van der Waals surface area contributed by atoms with Gasteiger partial charge >= 0.3 is 5.97 Å².